The molecule has 3 rings (SSSR count). The van der Waals surface area contributed by atoms with Gasteiger partial charge in [0.25, 0.3) is 0 Å². The normalized spacial score (nSPS) is 29.1. The van der Waals surface area contributed by atoms with E-state index in [0.717, 1.165) is 13.0 Å². The van der Waals surface area contributed by atoms with Gasteiger partial charge in [-0.1, -0.05) is 44.5 Å². The predicted octanol–water partition coefficient (Wildman–Crippen LogP) is 3.38. The number of nitrogens with two attached hydrogens (primary N) is 1. The Bertz CT molecular complexity index is 488. The Labute approximate surface area is 129 Å². The van der Waals surface area contributed by atoms with Crippen LogP contribution >= 0.6 is 0 Å². The summed E-state index contributed by atoms with van der Waals surface area (Å²) in [4.78, 5) is 2.72. The number of nitrogens with zero attached hydrogens (tertiary/aromatic N) is 1. The first-order chi connectivity index (χ1) is 10.1. The molecule has 2 N–H and O–H groups in total. The summed E-state index contributed by atoms with van der Waals surface area (Å²) in [5.74, 6) is 0. The van der Waals surface area contributed by atoms with Crippen molar-refractivity contribution in [1.29, 1.82) is 0 Å². The van der Waals surface area contributed by atoms with E-state index in [1.165, 1.54) is 56.3 Å². The van der Waals surface area contributed by atoms with Crippen LogP contribution in [0.5, 0.6) is 0 Å². The number of hydrogen-bond donors (Lipinski definition) is 1. The van der Waals surface area contributed by atoms with Crippen LogP contribution < -0.4 is 5.73 Å². The number of fused-ring (bicyclic) bond motifs is 1. The average Bonchev–Trinajstić information content (AvgIpc) is 2.55. The Morgan fingerprint density at radius 2 is 1.76 bits per heavy atom. The third-order valence-electron chi connectivity index (χ3n) is 6.37. The number of piperidine rings is 1. The molecule has 1 aliphatic heterocycles. The summed E-state index contributed by atoms with van der Waals surface area (Å²) in [5.41, 5.74) is 10.1. The lowest BCUT2D eigenvalue weighted by Gasteiger charge is -2.51. The monoisotopic (exact) mass is 286 g/mol. The molecule has 1 heterocycles. The second kappa shape index (κ2) is 5.73. The predicted molar refractivity (Wildman–Crippen MR) is 89.5 cm³/mol. The Morgan fingerprint density at radius 1 is 1.10 bits per heavy atom. The Balaban J connectivity index is 1.77. The third-order valence-corrected chi connectivity index (χ3v) is 6.37. The van der Waals surface area contributed by atoms with Crippen molar-refractivity contribution in [3.63, 3.8) is 0 Å². The van der Waals surface area contributed by atoms with Crippen LogP contribution in [0.1, 0.15) is 50.7 Å². The molecule has 1 aromatic carbocycles. The number of benzene rings is 1. The molecular formula is C19H30N2. The molecular weight excluding hydrogens is 256 g/mol. The first kappa shape index (κ1) is 15.1. The maximum absolute atomic E-state index is 6.28. The summed E-state index contributed by atoms with van der Waals surface area (Å²) in [6.07, 6.45) is 7.51. The summed E-state index contributed by atoms with van der Waals surface area (Å²) < 4.78 is 0. The summed E-state index contributed by atoms with van der Waals surface area (Å²) in [7, 11) is 0. The summed E-state index contributed by atoms with van der Waals surface area (Å²) in [5, 5.41) is 0. The molecule has 1 saturated heterocycles. The van der Waals surface area contributed by atoms with Gasteiger partial charge in [-0.15, -0.1) is 0 Å². The molecule has 0 spiro atoms. The van der Waals surface area contributed by atoms with Gasteiger partial charge in [0, 0.05) is 12.1 Å². The quantitative estimate of drug-likeness (QED) is 0.923. The van der Waals surface area contributed by atoms with Crippen LogP contribution in [0.4, 0.5) is 0 Å². The summed E-state index contributed by atoms with van der Waals surface area (Å²) in [6, 6.07) is 8.94. The SMILES string of the molecule is CCC1(C)CCN(C2(CN)CCc3ccccc3C2)CC1. The van der Waals surface area contributed by atoms with Gasteiger partial charge in [0.05, 0.1) is 0 Å². The first-order valence-electron chi connectivity index (χ1n) is 8.63. The topological polar surface area (TPSA) is 29.3 Å². The fourth-order valence-electron chi connectivity index (χ4n) is 4.23. The van der Waals surface area contributed by atoms with E-state index in [9.17, 15) is 0 Å². The second-order valence-electron chi connectivity index (χ2n) is 7.53. The standard InChI is InChI=1S/C19H30N2/c1-3-18(2)10-12-21(13-11-18)19(15-20)9-8-16-6-4-5-7-17(16)14-19/h4-7H,3,8-15,20H2,1-2H3. The molecule has 1 fully saturated rings. The van der Waals surface area contributed by atoms with Crippen molar-refractivity contribution in [2.45, 2.75) is 57.9 Å². The zero-order chi connectivity index (χ0) is 14.9. The lowest BCUT2D eigenvalue weighted by molar-refractivity contribution is 0.0166. The molecule has 0 aromatic heterocycles. The maximum Gasteiger partial charge on any atom is 0.0375 e. The maximum atomic E-state index is 6.28. The zero-order valence-electron chi connectivity index (χ0n) is 13.7. The van der Waals surface area contributed by atoms with Gasteiger partial charge in [-0.3, -0.25) is 4.90 Å². The molecule has 1 atom stereocenters. The molecule has 2 heteroatoms. The van der Waals surface area contributed by atoms with E-state index in [0.29, 0.717) is 5.41 Å². The van der Waals surface area contributed by atoms with Gasteiger partial charge in [0.2, 0.25) is 0 Å². The van der Waals surface area contributed by atoms with Crippen molar-refractivity contribution in [2.75, 3.05) is 19.6 Å². The van der Waals surface area contributed by atoms with Crippen molar-refractivity contribution in [1.82, 2.24) is 4.90 Å². The average molecular weight is 286 g/mol. The van der Waals surface area contributed by atoms with Crippen LogP contribution in [0, 0.1) is 5.41 Å². The fraction of sp³-hybridized carbons (Fsp3) is 0.684. The molecule has 0 bridgehead atoms. The molecule has 0 saturated carbocycles. The largest absolute Gasteiger partial charge is 0.329 e. The van der Waals surface area contributed by atoms with Crippen molar-refractivity contribution in [3.8, 4) is 0 Å². The summed E-state index contributed by atoms with van der Waals surface area (Å²) >= 11 is 0. The minimum Gasteiger partial charge on any atom is -0.329 e. The van der Waals surface area contributed by atoms with Gasteiger partial charge in [0.15, 0.2) is 0 Å². The van der Waals surface area contributed by atoms with Crippen LogP contribution in [0.25, 0.3) is 0 Å². The summed E-state index contributed by atoms with van der Waals surface area (Å²) in [6.45, 7) is 8.04. The van der Waals surface area contributed by atoms with E-state index < -0.39 is 0 Å². The van der Waals surface area contributed by atoms with Crippen LogP contribution in [0.2, 0.25) is 0 Å². The van der Waals surface area contributed by atoms with E-state index in [1.807, 2.05) is 0 Å². The molecule has 1 aliphatic carbocycles. The van der Waals surface area contributed by atoms with Gasteiger partial charge in [0.1, 0.15) is 0 Å². The molecule has 21 heavy (non-hydrogen) atoms. The Morgan fingerprint density at radius 3 is 2.38 bits per heavy atom. The third kappa shape index (κ3) is 2.76. The molecule has 0 amide bonds. The lowest BCUT2D eigenvalue weighted by Crippen LogP contribution is -2.59. The number of aryl methyl sites for hydroxylation is 1. The van der Waals surface area contributed by atoms with Crippen LogP contribution in [-0.4, -0.2) is 30.1 Å². The minimum atomic E-state index is 0.212. The van der Waals surface area contributed by atoms with Gasteiger partial charge in [-0.25, -0.2) is 0 Å². The highest BCUT2D eigenvalue weighted by Gasteiger charge is 2.41. The van der Waals surface area contributed by atoms with Crippen molar-refractivity contribution in [2.24, 2.45) is 11.1 Å². The van der Waals surface area contributed by atoms with Crippen molar-refractivity contribution < 1.29 is 0 Å². The molecule has 116 valence electrons. The van der Waals surface area contributed by atoms with E-state index in [4.69, 9.17) is 5.73 Å². The van der Waals surface area contributed by atoms with E-state index >= 15 is 0 Å². The molecule has 0 radical (unpaired) electrons. The van der Waals surface area contributed by atoms with Gasteiger partial charge in [-0.05, 0) is 61.7 Å². The highest BCUT2D eigenvalue weighted by atomic mass is 15.2. The van der Waals surface area contributed by atoms with Crippen molar-refractivity contribution in [3.05, 3.63) is 35.4 Å². The highest BCUT2D eigenvalue weighted by Crippen LogP contribution is 2.40. The van der Waals surface area contributed by atoms with E-state index in [1.54, 1.807) is 0 Å². The molecule has 1 aromatic rings. The van der Waals surface area contributed by atoms with E-state index in [2.05, 4.69) is 43.0 Å². The molecule has 1 unspecified atom stereocenters. The first-order valence-corrected chi connectivity index (χ1v) is 8.63. The van der Waals surface area contributed by atoms with E-state index in [-0.39, 0.29) is 5.54 Å². The number of rotatable bonds is 3. The Kier molecular flexibility index (Phi) is 4.11. The highest BCUT2D eigenvalue weighted by molar-refractivity contribution is 5.32. The minimum absolute atomic E-state index is 0.212. The smallest absolute Gasteiger partial charge is 0.0375 e. The van der Waals surface area contributed by atoms with Crippen LogP contribution in [0.3, 0.4) is 0 Å². The van der Waals surface area contributed by atoms with Gasteiger partial charge >= 0.3 is 0 Å². The zero-order valence-corrected chi connectivity index (χ0v) is 13.7. The lowest BCUT2D eigenvalue weighted by atomic mass is 9.73. The number of likely N-dealkylation sites (tertiary alicyclic amines) is 1. The van der Waals surface area contributed by atoms with Gasteiger partial charge < -0.3 is 5.73 Å². The van der Waals surface area contributed by atoms with Crippen LogP contribution in [0.15, 0.2) is 24.3 Å². The molecule has 2 nitrogen and oxygen atoms in total. The van der Waals surface area contributed by atoms with Gasteiger partial charge in [-0.2, -0.15) is 0 Å². The number of hydrogen-bond acceptors (Lipinski definition) is 2. The Hall–Kier alpha value is -0.860. The molecule has 2 aliphatic rings. The van der Waals surface area contributed by atoms with Crippen LogP contribution in [-0.2, 0) is 12.8 Å². The second-order valence-corrected chi connectivity index (χ2v) is 7.53. The van der Waals surface area contributed by atoms with Crippen molar-refractivity contribution >= 4 is 0 Å². The fourth-order valence-corrected chi connectivity index (χ4v) is 4.23.